The van der Waals surface area contributed by atoms with E-state index in [1.54, 1.807) is 16.4 Å². The first kappa shape index (κ1) is 20.4. The van der Waals surface area contributed by atoms with Crippen molar-refractivity contribution in [2.24, 2.45) is 0 Å². The van der Waals surface area contributed by atoms with E-state index in [0.29, 0.717) is 37.0 Å². The van der Waals surface area contributed by atoms with E-state index in [0.717, 1.165) is 43.0 Å². The van der Waals surface area contributed by atoms with Crippen molar-refractivity contribution in [3.8, 4) is 0 Å². The quantitative estimate of drug-likeness (QED) is 0.780. The van der Waals surface area contributed by atoms with Crippen LogP contribution in [0.2, 0.25) is 0 Å². The SMILES string of the molecule is O=C(CCn1ccc2cc(S(=O)(=O)N3CCCCC3)ccc21)NC1CCCCC1. The first-order valence-corrected chi connectivity index (χ1v) is 12.4. The van der Waals surface area contributed by atoms with Gasteiger partial charge in [-0.3, -0.25) is 4.79 Å². The van der Waals surface area contributed by atoms with Crippen LogP contribution in [-0.4, -0.2) is 42.3 Å². The van der Waals surface area contributed by atoms with Gasteiger partial charge in [0, 0.05) is 49.2 Å². The molecule has 1 aromatic carbocycles. The van der Waals surface area contributed by atoms with Gasteiger partial charge in [-0.25, -0.2) is 8.42 Å². The van der Waals surface area contributed by atoms with Gasteiger partial charge in [0.1, 0.15) is 0 Å². The minimum atomic E-state index is -3.43. The number of nitrogens with one attached hydrogen (secondary N) is 1. The highest BCUT2D eigenvalue weighted by Gasteiger charge is 2.26. The van der Waals surface area contributed by atoms with Crippen LogP contribution in [0.25, 0.3) is 10.9 Å². The molecule has 29 heavy (non-hydrogen) atoms. The van der Waals surface area contributed by atoms with Crippen LogP contribution >= 0.6 is 0 Å². The van der Waals surface area contributed by atoms with Gasteiger partial charge in [-0.05, 0) is 49.9 Å². The number of hydrogen-bond donors (Lipinski definition) is 1. The maximum Gasteiger partial charge on any atom is 0.243 e. The molecule has 2 heterocycles. The van der Waals surface area contributed by atoms with E-state index in [1.807, 2.05) is 22.9 Å². The number of sulfonamides is 1. The fraction of sp³-hybridized carbons (Fsp3) is 0.591. The zero-order chi connectivity index (χ0) is 20.3. The zero-order valence-electron chi connectivity index (χ0n) is 17.0. The number of amides is 1. The molecule has 0 unspecified atom stereocenters. The number of carbonyl (C=O) groups is 1. The third kappa shape index (κ3) is 4.67. The summed E-state index contributed by atoms with van der Waals surface area (Å²) in [6, 6.07) is 7.59. The topological polar surface area (TPSA) is 71.4 Å². The molecule has 1 N–H and O–H groups in total. The summed E-state index contributed by atoms with van der Waals surface area (Å²) in [6.45, 7) is 1.81. The molecule has 1 saturated heterocycles. The molecule has 0 radical (unpaired) electrons. The number of benzene rings is 1. The summed E-state index contributed by atoms with van der Waals surface area (Å²) in [5.74, 6) is 0.100. The molecule has 2 aromatic rings. The van der Waals surface area contributed by atoms with E-state index in [2.05, 4.69) is 5.32 Å². The Hall–Kier alpha value is -1.86. The van der Waals surface area contributed by atoms with Crippen molar-refractivity contribution in [1.82, 2.24) is 14.2 Å². The minimum absolute atomic E-state index is 0.100. The second-order valence-electron chi connectivity index (χ2n) is 8.35. The fourth-order valence-electron chi connectivity index (χ4n) is 4.56. The number of fused-ring (bicyclic) bond motifs is 1. The summed E-state index contributed by atoms with van der Waals surface area (Å²) in [5, 5.41) is 4.06. The smallest absolute Gasteiger partial charge is 0.243 e. The highest BCUT2D eigenvalue weighted by Crippen LogP contribution is 2.25. The van der Waals surface area contributed by atoms with Crippen LogP contribution in [0.15, 0.2) is 35.4 Å². The summed E-state index contributed by atoms with van der Waals surface area (Å²) in [5.41, 5.74) is 0.966. The largest absolute Gasteiger partial charge is 0.353 e. The second kappa shape index (κ2) is 8.88. The summed E-state index contributed by atoms with van der Waals surface area (Å²) in [4.78, 5) is 12.7. The minimum Gasteiger partial charge on any atom is -0.353 e. The molecule has 0 atom stereocenters. The molecule has 0 bridgehead atoms. The molecule has 0 spiro atoms. The Morgan fingerprint density at radius 2 is 1.72 bits per heavy atom. The van der Waals surface area contributed by atoms with Crippen molar-refractivity contribution in [3.05, 3.63) is 30.5 Å². The van der Waals surface area contributed by atoms with Crippen LogP contribution in [0.3, 0.4) is 0 Å². The predicted octanol–water partition coefficient (Wildman–Crippen LogP) is 3.65. The molecular weight excluding hydrogens is 386 g/mol. The highest BCUT2D eigenvalue weighted by molar-refractivity contribution is 7.89. The molecule has 4 rings (SSSR count). The summed E-state index contributed by atoms with van der Waals surface area (Å²) < 4.78 is 29.5. The highest BCUT2D eigenvalue weighted by atomic mass is 32.2. The van der Waals surface area contributed by atoms with Gasteiger partial charge in [0.15, 0.2) is 0 Å². The molecular formula is C22H31N3O3S. The second-order valence-corrected chi connectivity index (χ2v) is 10.3. The fourth-order valence-corrected chi connectivity index (χ4v) is 6.11. The van der Waals surface area contributed by atoms with Crippen molar-refractivity contribution in [3.63, 3.8) is 0 Å². The van der Waals surface area contributed by atoms with Crippen LogP contribution < -0.4 is 5.32 Å². The molecule has 1 aliphatic carbocycles. The monoisotopic (exact) mass is 417 g/mol. The van der Waals surface area contributed by atoms with Crippen LogP contribution in [0, 0.1) is 0 Å². The van der Waals surface area contributed by atoms with E-state index in [-0.39, 0.29) is 5.91 Å². The van der Waals surface area contributed by atoms with Crippen molar-refractivity contribution in [2.45, 2.75) is 75.3 Å². The third-order valence-corrected chi connectivity index (χ3v) is 8.14. The van der Waals surface area contributed by atoms with E-state index in [9.17, 15) is 13.2 Å². The lowest BCUT2D eigenvalue weighted by Crippen LogP contribution is -2.36. The van der Waals surface area contributed by atoms with Gasteiger partial charge in [-0.1, -0.05) is 25.7 Å². The number of piperidine rings is 1. The standard InChI is InChI=1S/C22H31N3O3S/c26-22(23-19-7-3-1-4-8-19)12-16-24-15-11-18-17-20(9-10-21(18)24)29(27,28)25-13-5-2-6-14-25/h9-11,15,17,19H,1-8,12-14,16H2,(H,23,26). The summed E-state index contributed by atoms with van der Waals surface area (Å²) in [6.07, 6.45) is 11.2. The number of carbonyl (C=O) groups excluding carboxylic acids is 1. The van der Waals surface area contributed by atoms with Gasteiger partial charge < -0.3 is 9.88 Å². The number of aromatic nitrogens is 1. The Kier molecular flexibility index (Phi) is 6.25. The average molecular weight is 418 g/mol. The summed E-state index contributed by atoms with van der Waals surface area (Å²) >= 11 is 0. The van der Waals surface area contributed by atoms with Crippen molar-refractivity contribution in [2.75, 3.05) is 13.1 Å². The maximum absolute atomic E-state index is 12.9. The Morgan fingerprint density at radius 3 is 2.48 bits per heavy atom. The number of hydrogen-bond acceptors (Lipinski definition) is 3. The lowest BCUT2D eigenvalue weighted by molar-refractivity contribution is -0.122. The molecule has 6 nitrogen and oxygen atoms in total. The third-order valence-electron chi connectivity index (χ3n) is 6.25. The molecule has 1 aromatic heterocycles. The Bertz CT molecular complexity index is 955. The van der Waals surface area contributed by atoms with E-state index in [4.69, 9.17) is 0 Å². The van der Waals surface area contributed by atoms with Crippen molar-refractivity contribution < 1.29 is 13.2 Å². The maximum atomic E-state index is 12.9. The first-order valence-electron chi connectivity index (χ1n) is 10.9. The zero-order valence-corrected chi connectivity index (χ0v) is 17.8. The van der Waals surface area contributed by atoms with Gasteiger partial charge in [-0.2, -0.15) is 4.31 Å². The molecule has 1 saturated carbocycles. The van der Waals surface area contributed by atoms with E-state index >= 15 is 0 Å². The normalized spacial score (nSPS) is 19.4. The van der Waals surface area contributed by atoms with Crippen LogP contribution in [-0.2, 0) is 21.4 Å². The van der Waals surface area contributed by atoms with Gasteiger partial charge in [0.2, 0.25) is 15.9 Å². The molecule has 2 aliphatic rings. The van der Waals surface area contributed by atoms with E-state index < -0.39 is 10.0 Å². The van der Waals surface area contributed by atoms with Crippen molar-refractivity contribution in [1.29, 1.82) is 0 Å². The molecule has 158 valence electrons. The lowest BCUT2D eigenvalue weighted by atomic mass is 9.95. The Labute approximate surface area is 173 Å². The van der Waals surface area contributed by atoms with Gasteiger partial charge in [0.25, 0.3) is 0 Å². The Morgan fingerprint density at radius 1 is 1.00 bits per heavy atom. The van der Waals surface area contributed by atoms with Crippen molar-refractivity contribution >= 4 is 26.8 Å². The summed E-state index contributed by atoms with van der Waals surface area (Å²) in [7, 11) is -3.43. The first-order chi connectivity index (χ1) is 14.0. The van der Waals surface area contributed by atoms with Crippen LogP contribution in [0.4, 0.5) is 0 Å². The average Bonchev–Trinajstić information content (AvgIpc) is 3.16. The molecule has 2 fully saturated rings. The lowest BCUT2D eigenvalue weighted by Gasteiger charge is -2.25. The van der Waals surface area contributed by atoms with Gasteiger partial charge >= 0.3 is 0 Å². The van der Waals surface area contributed by atoms with Gasteiger partial charge in [0.05, 0.1) is 4.90 Å². The van der Waals surface area contributed by atoms with E-state index in [1.165, 1.54) is 19.3 Å². The predicted molar refractivity (Wildman–Crippen MR) is 114 cm³/mol. The number of aryl methyl sites for hydroxylation is 1. The molecule has 1 amide bonds. The number of rotatable bonds is 6. The van der Waals surface area contributed by atoms with Crippen LogP contribution in [0.5, 0.6) is 0 Å². The van der Waals surface area contributed by atoms with Gasteiger partial charge in [-0.15, -0.1) is 0 Å². The Balaban J connectivity index is 1.42. The van der Waals surface area contributed by atoms with Crippen LogP contribution in [0.1, 0.15) is 57.8 Å². The molecule has 1 aliphatic heterocycles. The molecule has 7 heteroatoms. The number of nitrogens with zero attached hydrogens (tertiary/aromatic N) is 2.